The monoisotopic (exact) mass is 553 g/mol. The molecule has 2 amide bonds. The number of amides is 2. The number of methoxy groups -OCH3 is 1. The number of nitrogens with zero attached hydrogens (tertiary/aromatic N) is 3. The predicted octanol–water partition coefficient (Wildman–Crippen LogP) is 3.41. The summed E-state index contributed by atoms with van der Waals surface area (Å²) in [5, 5.41) is 0.548. The summed E-state index contributed by atoms with van der Waals surface area (Å²) in [4.78, 5) is 29.8. The number of rotatable bonds is 11. The zero-order chi connectivity index (χ0) is 27.0. The van der Waals surface area contributed by atoms with Crippen LogP contribution in [0.3, 0.4) is 0 Å². The van der Waals surface area contributed by atoms with Crippen LogP contribution in [0.15, 0.2) is 48.5 Å². The number of hydrogen-bond donors (Lipinski definition) is 0. The first-order valence-corrected chi connectivity index (χ1v) is 14.2. The Morgan fingerprint density at radius 3 is 2.41 bits per heavy atom. The fourth-order valence-electron chi connectivity index (χ4n) is 4.34. The quantitative estimate of drug-likeness (QED) is 0.425. The molecule has 202 valence electrons. The molecule has 37 heavy (non-hydrogen) atoms. The summed E-state index contributed by atoms with van der Waals surface area (Å²) in [6.45, 7) is 2.40. The first-order chi connectivity index (χ1) is 17.6. The Bertz CT molecular complexity index is 1170. The molecule has 3 rings (SSSR count). The van der Waals surface area contributed by atoms with Crippen molar-refractivity contribution in [3.05, 3.63) is 70.5 Å². The second-order valence-electron chi connectivity index (χ2n) is 8.91. The van der Waals surface area contributed by atoms with Gasteiger partial charge in [0.2, 0.25) is 15.9 Å². The number of sulfonamides is 1. The summed E-state index contributed by atoms with van der Waals surface area (Å²) in [6.07, 6.45) is 1.03. The number of hydrogen-bond acceptors (Lipinski definition) is 5. The van der Waals surface area contributed by atoms with Gasteiger partial charge < -0.3 is 14.5 Å². The molecule has 2 aromatic rings. The summed E-state index contributed by atoms with van der Waals surface area (Å²) in [5.74, 6) is -1.04. The minimum absolute atomic E-state index is 0.0558. The number of ether oxygens (including phenoxy) is 1. The third kappa shape index (κ3) is 7.98. The number of carbonyl (C=O) groups excluding carboxylic acids is 2. The van der Waals surface area contributed by atoms with E-state index < -0.39 is 15.8 Å². The normalized spacial score (nSPS) is 14.7. The van der Waals surface area contributed by atoms with E-state index in [9.17, 15) is 22.4 Å². The van der Waals surface area contributed by atoms with Crippen LogP contribution in [0.1, 0.15) is 35.7 Å². The van der Waals surface area contributed by atoms with E-state index in [0.29, 0.717) is 42.1 Å². The molecule has 2 aromatic carbocycles. The number of carbonyl (C=O) groups is 2. The molecule has 0 spiro atoms. The SMILES string of the molecule is CCS(=O)(=O)N(CCOC)CC(=O)N(Cc1cccc(F)c1)C1CCN(C(=O)c2ccc(Cl)cc2)CC1. The highest BCUT2D eigenvalue weighted by molar-refractivity contribution is 7.89. The van der Waals surface area contributed by atoms with E-state index in [2.05, 4.69) is 0 Å². The van der Waals surface area contributed by atoms with E-state index in [4.69, 9.17) is 16.3 Å². The zero-order valence-electron chi connectivity index (χ0n) is 21.1. The standard InChI is InChI=1S/C26H33ClFN3O5S/c1-3-37(34,35)30(15-16-36-2)19-25(32)31(18-20-5-4-6-23(28)17-20)24-11-13-29(14-12-24)26(33)21-7-9-22(27)10-8-21/h4-10,17,24H,3,11-16,18-19H2,1-2H3. The van der Waals surface area contributed by atoms with E-state index in [1.165, 1.54) is 26.2 Å². The molecule has 8 nitrogen and oxygen atoms in total. The van der Waals surface area contributed by atoms with Gasteiger partial charge in [0.25, 0.3) is 5.91 Å². The Hall–Kier alpha value is -2.53. The fourth-order valence-corrected chi connectivity index (χ4v) is 5.49. The minimum Gasteiger partial charge on any atom is -0.383 e. The highest BCUT2D eigenvalue weighted by Crippen LogP contribution is 2.22. The van der Waals surface area contributed by atoms with Gasteiger partial charge in [-0.25, -0.2) is 12.8 Å². The van der Waals surface area contributed by atoms with Crippen LogP contribution >= 0.6 is 11.6 Å². The van der Waals surface area contributed by atoms with Crippen LogP contribution in [0.2, 0.25) is 5.02 Å². The van der Waals surface area contributed by atoms with E-state index >= 15 is 0 Å². The van der Waals surface area contributed by atoms with E-state index in [-0.39, 0.29) is 49.9 Å². The van der Waals surface area contributed by atoms with Crippen molar-refractivity contribution in [2.45, 2.75) is 32.4 Å². The van der Waals surface area contributed by atoms with Gasteiger partial charge in [-0.05, 0) is 61.7 Å². The van der Waals surface area contributed by atoms with E-state index in [1.807, 2.05) is 0 Å². The van der Waals surface area contributed by atoms with Crippen molar-refractivity contribution < 1.29 is 27.1 Å². The Labute approximate surface area is 223 Å². The Kier molecular flexibility index (Phi) is 10.5. The molecular weight excluding hydrogens is 521 g/mol. The second kappa shape index (κ2) is 13.3. The highest BCUT2D eigenvalue weighted by atomic mass is 35.5. The molecule has 1 aliphatic heterocycles. The van der Waals surface area contributed by atoms with Crippen LogP contribution < -0.4 is 0 Å². The van der Waals surface area contributed by atoms with Gasteiger partial charge in [-0.1, -0.05) is 23.7 Å². The molecule has 0 atom stereocenters. The van der Waals surface area contributed by atoms with Crippen molar-refractivity contribution in [3.8, 4) is 0 Å². The molecule has 0 saturated carbocycles. The fraction of sp³-hybridized carbons (Fsp3) is 0.462. The first kappa shape index (κ1) is 29.0. The molecule has 1 heterocycles. The average Bonchev–Trinajstić information content (AvgIpc) is 2.89. The first-order valence-electron chi connectivity index (χ1n) is 12.2. The molecule has 0 radical (unpaired) electrons. The lowest BCUT2D eigenvalue weighted by Gasteiger charge is -2.39. The summed E-state index contributed by atoms with van der Waals surface area (Å²) < 4.78 is 45.3. The lowest BCUT2D eigenvalue weighted by molar-refractivity contribution is -0.135. The van der Waals surface area contributed by atoms with Crippen molar-refractivity contribution >= 4 is 33.4 Å². The van der Waals surface area contributed by atoms with Crippen molar-refractivity contribution in [2.24, 2.45) is 0 Å². The van der Waals surface area contributed by atoms with Crippen LogP contribution in [0, 0.1) is 5.82 Å². The lowest BCUT2D eigenvalue weighted by Crippen LogP contribution is -2.51. The van der Waals surface area contributed by atoms with E-state index in [0.717, 1.165) is 4.31 Å². The van der Waals surface area contributed by atoms with Crippen molar-refractivity contribution in [2.75, 3.05) is 45.6 Å². The molecule has 1 saturated heterocycles. The maximum absolute atomic E-state index is 13.9. The van der Waals surface area contributed by atoms with Gasteiger partial charge in [0.1, 0.15) is 5.82 Å². The largest absolute Gasteiger partial charge is 0.383 e. The number of likely N-dealkylation sites (tertiary alicyclic amines) is 1. The lowest BCUT2D eigenvalue weighted by atomic mass is 10.0. The van der Waals surface area contributed by atoms with Crippen LogP contribution in [-0.4, -0.2) is 86.0 Å². The van der Waals surface area contributed by atoms with Gasteiger partial charge in [-0.2, -0.15) is 4.31 Å². The van der Waals surface area contributed by atoms with Crippen LogP contribution in [0.4, 0.5) is 4.39 Å². The third-order valence-corrected chi connectivity index (χ3v) is 8.54. The molecule has 0 aromatic heterocycles. The Balaban J connectivity index is 1.77. The molecule has 11 heteroatoms. The van der Waals surface area contributed by atoms with Crippen LogP contribution in [0.25, 0.3) is 0 Å². The van der Waals surface area contributed by atoms with Gasteiger partial charge in [0.05, 0.1) is 18.9 Å². The average molecular weight is 554 g/mol. The molecule has 0 bridgehead atoms. The third-order valence-electron chi connectivity index (χ3n) is 6.46. The zero-order valence-corrected chi connectivity index (χ0v) is 22.7. The van der Waals surface area contributed by atoms with Crippen LogP contribution in [-0.2, 0) is 26.1 Å². The number of piperidine rings is 1. The van der Waals surface area contributed by atoms with Crippen molar-refractivity contribution in [3.63, 3.8) is 0 Å². The molecule has 1 aliphatic rings. The highest BCUT2D eigenvalue weighted by Gasteiger charge is 2.32. The number of halogens is 2. The maximum Gasteiger partial charge on any atom is 0.253 e. The van der Waals surface area contributed by atoms with E-state index in [1.54, 1.807) is 46.2 Å². The molecule has 1 fully saturated rings. The van der Waals surface area contributed by atoms with Crippen LogP contribution in [0.5, 0.6) is 0 Å². The summed E-state index contributed by atoms with van der Waals surface area (Å²) in [6, 6.07) is 12.5. The molecule has 0 unspecified atom stereocenters. The van der Waals surface area contributed by atoms with Crippen molar-refractivity contribution in [1.82, 2.24) is 14.1 Å². The molecular formula is C26H33ClFN3O5S. The van der Waals surface area contributed by atoms with Gasteiger partial charge in [0.15, 0.2) is 0 Å². The van der Waals surface area contributed by atoms with Gasteiger partial charge >= 0.3 is 0 Å². The summed E-state index contributed by atoms with van der Waals surface area (Å²) in [7, 11) is -2.18. The molecule has 0 aliphatic carbocycles. The smallest absolute Gasteiger partial charge is 0.253 e. The van der Waals surface area contributed by atoms with Gasteiger partial charge in [-0.15, -0.1) is 0 Å². The topological polar surface area (TPSA) is 87.2 Å². The van der Waals surface area contributed by atoms with Crippen molar-refractivity contribution in [1.29, 1.82) is 0 Å². The summed E-state index contributed by atoms with van der Waals surface area (Å²) >= 11 is 5.93. The minimum atomic E-state index is -3.64. The summed E-state index contributed by atoms with van der Waals surface area (Å²) in [5.41, 5.74) is 1.14. The Morgan fingerprint density at radius 2 is 1.81 bits per heavy atom. The second-order valence-corrected chi connectivity index (χ2v) is 11.6. The van der Waals surface area contributed by atoms with Gasteiger partial charge in [-0.3, -0.25) is 9.59 Å². The predicted molar refractivity (Wildman–Crippen MR) is 140 cm³/mol. The molecule has 0 N–H and O–H groups in total. The van der Waals surface area contributed by atoms with Gasteiger partial charge in [0, 0.05) is 49.9 Å². The maximum atomic E-state index is 13.9. The number of benzene rings is 2. The Morgan fingerprint density at radius 1 is 1.14 bits per heavy atom.